The highest BCUT2D eigenvalue weighted by Crippen LogP contribution is 2.49. The number of hydrogen-bond acceptors (Lipinski definition) is 2. The molecule has 2 aliphatic heterocycles. The van der Waals surface area contributed by atoms with E-state index in [1.165, 1.54) is 28.0 Å². The van der Waals surface area contributed by atoms with Gasteiger partial charge in [-0.3, -0.25) is 9.59 Å². The number of hydrogen-bond donors (Lipinski definition) is 0. The van der Waals surface area contributed by atoms with Crippen molar-refractivity contribution < 1.29 is 14.0 Å². The highest BCUT2D eigenvalue weighted by Gasteiger charge is 2.57. The first kappa shape index (κ1) is 16.4. The highest BCUT2D eigenvalue weighted by atomic mass is 35.5. The average Bonchev–Trinajstić information content (AvgIpc) is 3.02. The topological polar surface area (TPSA) is 40.6 Å². The van der Waals surface area contributed by atoms with Gasteiger partial charge in [0.15, 0.2) is 0 Å². The van der Waals surface area contributed by atoms with Crippen LogP contribution >= 0.6 is 23.2 Å². The van der Waals surface area contributed by atoms with Gasteiger partial charge in [0, 0.05) is 35.7 Å². The first-order chi connectivity index (χ1) is 11.8. The molecule has 2 heterocycles. The van der Waals surface area contributed by atoms with Gasteiger partial charge in [-0.1, -0.05) is 23.2 Å². The number of amides is 2. The molecule has 0 radical (unpaired) electrons. The van der Waals surface area contributed by atoms with E-state index < -0.39 is 11.2 Å². The monoisotopic (exact) mass is 378 g/mol. The summed E-state index contributed by atoms with van der Waals surface area (Å²) >= 11 is 12.1. The van der Waals surface area contributed by atoms with Gasteiger partial charge in [-0.05, 0) is 42.0 Å². The molecule has 0 saturated carbocycles. The van der Waals surface area contributed by atoms with Crippen LogP contribution in [0.25, 0.3) is 0 Å². The van der Waals surface area contributed by atoms with Crippen molar-refractivity contribution in [1.82, 2.24) is 0 Å². The minimum absolute atomic E-state index is 0.0323. The second kappa shape index (κ2) is 5.44. The van der Waals surface area contributed by atoms with Gasteiger partial charge >= 0.3 is 0 Å². The minimum atomic E-state index is -1.05. The number of benzene rings is 2. The van der Waals surface area contributed by atoms with Crippen molar-refractivity contribution in [1.29, 1.82) is 0 Å². The molecule has 2 aliphatic rings. The maximum Gasteiger partial charge on any atom is 0.239 e. The quantitative estimate of drug-likeness (QED) is 0.757. The van der Waals surface area contributed by atoms with Crippen molar-refractivity contribution in [2.75, 3.05) is 23.4 Å². The van der Waals surface area contributed by atoms with Gasteiger partial charge in [-0.2, -0.15) is 0 Å². The van der Waals surface area contributed by atoms with E-state index in [9.17, 15) is 14.0 Å². The average molecular weight is 379 g/mol. The number of likely N-dealkylation sites (N-methyl/N-ethyl adjacent to an activating group) is 1. The maximum atomic E-state index is 14.2. The molecule has 2 aromatic rings. The Morgan fingerprint density at radius 3 is 2.48 bits per heavy atom. The minimum Gasteiger partial charge on any atom is -0.314 e. The SMILES string of the molecule is CN1C(=O)[C@@]2(CC(=O)N(c3cc(Cl)ccc3F)C2)c2cc(Cl)ccc21. The third kappa shape index (κ3) is 2.26. The number of nitrogens with zero attached hydrogens (tertiary/aromatic N) is 2. The Bertz CT molecular complexity index is 933. The molecule has 128 valence electrons. The van der Waals surface area contributed by atoms with Crippen molar-refractivity contribution in [3.8, 4) is 0 Å². The Balaban J connectivity index is 1.84. The van der Waals surface area contributed by atoms with Crippen LogP contribution in [0.5, 0.6) is 0 Å². The first-order valence-electron chi connectivity index (χ1n) is 7.67. The Morgan fingerprint density at radius 2 is 1.72 bits per heavy atom. The van der Waals surface area contributed by atoms with Crippen molar-refractivity contribution in [2.24, 2.45) is 0 Å². The lowest BCUT2D eigenvalue weighted by Crippen LogP contribution is -2.41. The zero-order valence-electron chi connectivity index (χ0n) is 13.2. The lowest BCUT2D eigenvalue weighted by Gasteiger charge is -2.23. The third-order valence-electron chi connectivity index (χ3n) is 4.93. The second-order valence-corrected chi connectivity index (χ2v) is 7.23. The number of anilines is 2. The Labute approximate surface area is 153 Å². The van der Waals surface area contributed by atoms with E-state index in [0.29, 0.717) is 15.6 Å². The van der Waals surface area contributed by atoms with Crippen LogP contribution in [0.1, 0.15) is 12.0 Å². The number of halogens is 3. The summed E-state index contributed by atoms with van der Waals surface area (Å²) in [7, 11) is 1.66. The zero-order chi connectivity index (χ0) is 17.9. The number of rotatable bonds is 1. The molecule has 7 heteroatoms. The van der Waals surface area contributed by atoms with Crippen molar-refractivity contribution >= 4 is 46.4 Å². The molecule has 2 aromatic carbocycles. The van der Waals surface area contributed by atoms with Gasteiger partial charge in [0.1, 0.15) is 11.2 Å². The summed E-state index contributed by atoms with van der Waals surface area (Å²) in [5.41, 5.74) is 0.447. The first-order valence-corrected chi connectivity index (χ1v) is 8.43. The van der Waals surface area contributed by atoms with Gasteiger partial charge in [0.05, 0.1) is 5.69 Å². The molecule has 0 N–H and O–H groups in total. The van der Waals surface area contributed by atoms with Crippen LogP contribution in [0.3, 0.4) is 0 Å². The Kier molecular flexibility index (Phi) is 3.56. The molecule has 0 aromatic heterocycles. The second-order valence-electron chi connectivity index (χ2n) is 6.36. The van der Waals surface area contributed by atoms with E-state index in [2.05, 4.69) is 0 Å². The molecular formula is C18H13Cl2FN2O2. The van der Waals surface area contributed by atoms with Crippen LogP contribution in [0, 0.1) is 5.82 Å². The molecule has 1 atom stereocenters. The van der Waals surface area contributed by atoms with Crippen LogP contribution in [-0.2, 0) is 15.0 Å². The summed E-state index contributed by atoms with van der Waals surface area (Å²) < 4.78 is 14.2. The van der Waals surface area contributed by atoms with E-state index >= 15 is 0 Å². The van der Waals surface area contributed by atoms with Gasteiger partial charge in [-0.25, -0.2) is 4.39 Å². The van der Waals surface area contributed by atoms with Crippen molar-refractivity contribution in [3.05, 3.63) is 57.8 Å². The molecule has 1 fully saturated rings. The van der Waals surface area contributed by atoms with E-state index in [0.717, 1.165) is 5.69 Å². The molecule has 25 heavy (non-hydrogen) atoms. The Hall–Kier alpha value is -2.11. The molecule has 2 amide bonds. The normalized spacial score (nSPS) is 22.2. The van der Waals surface area contributed by atoms with Crippen molar-refractivity contribution in [2.45, 2.75) is 11.8 Å². The molecule has 0 aliphatic carbocycles. The third-order valence-corrected chi connectivity index (χ3v) is 5.40. The van der Waals surface area contributed by atoms with Crippen LogP contribution in [0.2, 0.25) is 10.0 Å². The van der Waals surface area contributed by atoms with E-state index in [-0.39, 0.29) is 30.5 Å². The van der Waals surface area contributed by atoms with Gasteiger partial charge in [0.2, 0.25) is 11.8 Å². The van der Waals surface area contributed by atoms with Crippen LogP contribution in [0.4, 0.5) is 15.8 Å². The summed E-state index contributed by atoms with van der Waals surface area (Å²) in [4.78, 5) is 28.4. The zero-order valence-corrected chi connectivity index (χ0v) is 14.7. The van der Waals surface area contributed by atoms with Gasteiger partial charge in [-0.15, -0.1) is 0 Å². The highest BCUT2D eigenvalue weighted by molar-refractivity contribution is 6.31. The van der Waals surface area contributed by atoms with E-state index in [1.54, 1.807) is 25.2 Å². The largest absolute Gasteiger partial charge is 0.314 e. The van der Waals surface area contributed by atoms with Crippen LogP contribution in [-0.4, -0.2) is 25.4 Å². The lowest BCUT2D eigenvalue weighted by atomic mass is 9.81. The summed E-state index contributed by atoms with van der Waals surface area (Å²) in [5.74, 6) is -1.07. The smallest absolute Gasteiger partial charge is 0.239 e. The van der Waals surface area contributed by atoms with Crippen molar-refractivity contribution in [3.63, 3.8) is 0 Å². The fraction of sp³-hybridized carbons (Fsp3) is 0.222. The molecular weight excluding hydrogens is 366 g/mol. The summed E-state index contributed by atoms with van der Waals surface area (Å²) in [6.07, 6.45) is -0.0323. The number of carbonyl (C=O) groups excluding carboxylic acids is 2. The van der Waals surface area contributed by atoms with Crippen LogP contribution < -0.4 is 9.80 Å². The molecule has 4 rings (SSSR count). The van der Waals surface area contributed by atoms with Gasteiger partial charge < -0.3 is 9.80 Å². The molecule has 0 bridgehead atoms. The summed E-state index contributed by atoms with van der Waals surface area (Å²) in [5, 5.41) is 0.810. The lowest BCUT2D eigenvalue weighted by molar-refractivity contribution is -0.124. The Morgan fingerprint density at radius 1 is 1.04 bits per heavy atom. The van der Waals surface area contributed by atoms with E-state index in [4.69, 9.17) is 23.2 Å². The van der Waals surface area contributed by atoms with Gasteiger partial charge in [0.25, 0.3) is 0 Å². The number of fused-ring (bicyclic) bond motifs is 2. The summed E-state index contributed by atoms with van der Waals surface area (Å²) in [6, 6.07) is 9.20. The standard InChI is InChI=1S/C18H13Cl2FN2O2/c1-22-14-5-3-10(19)6-12(14)18(17(22)25)8-16(24)23(9-18)15-7-11(20)2-4-13(15)21/h2-7H,8-9H2,1H3/t18-/m1/s1. The fourth-order valence-electron chi connectivity index (χ4n) is 3.73. The number of carbonyl (C=O) groups is 2. The van der Waals surface area contributed by atoms with Crippen LogP contribution in [0.15, 0.2) is 36.4 Å². The maximum absolute atomic E-state index is 14.2. The molecule has 1 saturated heterocycles. The fourth-order valence-corrected chi connectivity index (χ4v) is 4.07. The van der Waals surface area contributed by atoms with E-state index in [1.807, 2.05) is 0 Å². The molecule has 4 nitrogen and oxygen atoms in total. The molecule has 1 spiro atoms. The summed E-state index contributed by atoms with van der Waals surface area (Å²) in [6.45, 7) is 0.0552. The predicted molar refractivity (Wildman–Crippen MR) is 94.9 cm³/mol. The predicted octanol–water partition coefficient (Wildman–Crippen LogP) is 3.78. The molecule has 0 unspecified atom stereocenters.